The van der Waals surface area contributed by atoms with Crippen LogP contribution in [-0.2, 0) is 21.2 Å². The molecule has 150 valence electrons. The molecule has 2 aromatic rings. The van der Waals surface area contributed by atoms with Crippen molar-refractivity contribution < 1.29 is 13.2 Å². The molecule has 0 fully saturated rings. The number of benzene rings is 2. The van der Waals surface area contributed by atoms with E-state index in [1.54, 1.807) is 17.9 Å². The first-order valence-corrected chi connectivity index (χ1v) is 11.7. The monoisotopic (exact) mass is 440 g/mol. The zero-order valence-corrected chi connectivity index (χ0v) is 18.1. The molecule has 1 atom stereocenters. The minimum Gasteiger partial charge on any atom is -0.310 e. The molecule has 5 nitrogen and oxygen atoms in total. The van der Waals surface area contributed by atoms with E-state index in [2.05, 4.69) is 0 Å². The molecular formula is C20H22Cl2N2O3S. The Kier molecular flexibility index (Phi) is 6.22. The van der Waals surface area contributed by atoms with Crippen LogP contribution in [-0.4, -0.2) is 33.2 Å². The molecule has 2 aromatic carbocycles. The van der Waals surface area contributed by atoms with Crippen molar-refractivity contribution in [3.63, 3.8) is 0 Å². The first-order valence-electron chi connectivity index (χ1n) is 9.07. The molecule has 0 saturated heterocycles. The molecule has 0 unspecified atom stereocenters. The highest BCUT2D eigenvalue weighted by Gasteiger charge is 2.36. The zero-order valence-electron chi connectivity index (χ0n) is 15.7. The van der Waals surface area contributed by atoms with Gasteiger partial charge in [0, 0.05) is 12.2 Å². The first-order chi connectivity index (χ1) is 13.2. The lowest BCUT2D eigenvalue weighted by atomic mass is 10.0. The predicted octanol–water partition coefficient (Wildman–Crippen LogP) is 4.52. The summed E-state index contributed by atoms with van der Waals surface area (Å²) in [5, 5.41) is 0.557. The lowest BCUT2D eigenvalue weighted by molar-refractivity contribution is -0.119. The Morgan fingerprint density at radius 1 is 1.18 bits per heavy atom. The zero-order chi connectivity index (χ0) is 20.5. The summed E-state index contributed by atoms with van der Waals surface area (Å²) < 4.78 is 26.4. The second-order valence-electron chi connectivity index (χ2n) is 6.80. The smallest absolute Gasteiger partial charge is 0.250 e. The lowest BCUT2D eigenvalue weighted by Gasteiger charge is -2.36. The van der Waals surface area contributed by atoms with Crippen molar-refractivity contribution in [2.75, 3.05) is 22.0 Å². The van der Waals surface area contributed by atoms with E-state index in [0.29, 0.717) is 23.7 Å². The number of carbonyl (C=O) groups excluding carboxylic acids is 1. The Morgan fingerprint density at radius 2 is 1.89 bits per heavy atom. The van der Waals surface area contributed by atoms with Gasteiger partial charge in [0.05, 0.1) is 22.0 Å². The van der Waals surface area contributed by atoms with Crippen LogP contribution in [0.4, 0.5) is 11.4 Å². The van der Waals surface area contributed by atoms with Gasteiger partial charge in [0.1, 0.15) is 6.04 Å². The summed E-state index contributed by atoms with van der Waals surface area (Å²) >= 11 is 12.1. The van der Waals surface area contributed by atoms with Crippen LogP contribution < -0.4 is 9.21 Å². The average molecular weight is 441 g/mol. The van der Waals surface area contributed by atoms with Gasteiger partial charge in [-0.15, -0.1) is 0 Å². The fourth-order valence-electron chi connectivity index (χ4n) is 3.61. The molecule has 1 aliphatic heterocycles. The molecule has 28 heavy (non-hydrogen) atoms. The van der Waals surface area contributed by atoms with Crippen molar-refractivity contribution in [1.82, 2.24) is 0 Å². The number of para-hydroxylation sites is 1. The van der Waals surface area contributed by atoms with Crippen molar-refractivity contribution in [3.05, 3.63) is 58.1 Å². The van der Waals surface area contributed by atoms with Crippen molar-refractivity contribution in [1.29, 1.82) is 0 Å². The van der Waals surface area contributed by atoms with E-state index in [0.717, 1.165) is 34.7 Å². The van der Waals surface area contributed by atoms with E-state index < -0.39 is 16.1 Å². The van der Waals surface area contributed by atoms with Crippen LogP contribution in [0.3, 0.4) is 0 Å². The number of hydrogen-bond acceptors (Lipinski definition) is 3. The molecule has 8 heteroatoms. The molecule has 0 spiro atoms. The maximum atomic E-state index is 13.5. The number of aryl methyl sites for hydroxylation is 1. The number of anilines is 2. The Bertz CT molecular complexity index is 995. The summed E-state index contributed by atoms with van der Waals surface area (Å²) in [6, 6.07) is 11.4. The van der Waals surface area contributed by atoms with Crippen molar-refractivity contribution in [3.8, 4) is 0 Å². The largest absolute Gasteiger partial charge is 0.310 e. The van der Waals surface area contributed by atoms with Crippen molar-refractivity contribution in [2.45, 2.75) is 32.2 Å². The summed E-state index contributed by atoms with van der Waals surface area (Å²) in [7, 11) is -3.74. The minimum atomic E-state index is -3.74. The Morgan fingerprint density at radius 3 is 2.54 bits per heavy atom. The molecular weight excluding hydrogens is 419 g/mol. The number of halogens is 2. The summed E-state index contributed by atoms with van der Waals surface area (Å²) in [6.07, 6.45) is 3.16. The fraction of sp³-hybridized carbons (Fsp3) is 0.350. The van der Waals surface area contributed by atoms with Gasteiger partial charge in [-0.2, -0.15) is 0 Å². The molecule has 0 aromatic heterocycles. The number of rotatable bonds is 5. The Hall–Kier alpha value is -1.76. The number of fused-ring (bicyclic) bond motifs is 1. The summed E-state index contributed by atoms with van der Waals surface area (Å²) in [5.74, 6) is -0.244. The van der Waals surface area contributed by atoms with Crippen LogP contribution in [0.25, 0.3) is 0 Å². The maximum Gasteiger partial charge on any atom is 0.250 e. The quantitative estimate of drug-likeness (QED) is 0.686. The molecule has 0 N–H and O–H groups in total. The third-order valence-electron chi connectivity index (χ3n) is 4.85. The number of amides is 1. The lowest BCUT2D eigenvalue weighted by Crippen LogP contribution is -2.52. The minimum absolute atomic E-state index is 0.235. The molecule has 3 rings (SSSR count). The summed E-state index contributed by atoms with van der Waals surface area (Å²) in [5.41, 5.74) is 2.26. The predicted molar refractivity (Wildman–Crippen MR) is 115 cm³/mol. The highest BCUT2D eigenvalue weighted by atomic mass is 35.5. The second-order valence-corrected chi connectivity index (χ2v) is 9.48. The molecule has 0 saturated carbocycles. The van der Waals surface area contributed by atoms with Gasteiger partial charge >= 0.3 is 0 Å². The number of nitrogens with zero attached hydrogens (tertiary/aromatic N) is 2. The van der Waals surface area contributed by atoms with Gasteiger partial charge in [0.2, 0.25) is 10.0 Å². The molecule has 1 aliphatic rings. The van der Waals surface area contributed by atoms with E-state index in [9.17, 15) is 13.2 Å². The van der Waals surface area contributed by atoms with Gasteiger partial charge in [-0.05, 0) is 49.1 Å². The molecule has 0 bridgehead atoms. The van der Waals surface area contributed by atoms with Gasteiger partial charge < -0.3 is 4.90 Å². The normalized spacial score (nSPS) is 15.1. The van der Waals surface area contributed by atoms with E-state index in [1.165, 1.54) is 12.1 Å². The molecule has 1 amide bonds. The molecule has 0 aliphatic carbocycles. The van der Waals surface area contributed by atoms with Crippen LogP contribution in [0.1, 0.15) is 25.3 Å². The average Bonchev–Trinajstić information content (AvgIpc) is 2.66. The van der Waals surface area contributed by atoms with Crippen LogP contribution in [0.5, 0.6) is 0 Å². The SMILES string of the molecule is CC[C@H](C(=O)N1CCCc2ccccc21)N(c1ccc(Cl)c(Cl)c1)S(C)(=O)=O. The van der Waals surface area contributed by atoms with Crippen LogP contribution in [0, 0.1) is 0 Å². The van der Waals surface area contributed by atoms with E-state index >= 15 is 0 Å². The van der Waals surface area contributed by atoms with Crippen LogP contribution >= 0.6 is 23.2 Å². The van der Waals surface area contributed by atoms with E-state index in [-0.39, 0.29) is 10.9 Å². The standard InChI is InChI=1S/C20H22Cl2N2O3S/c1-3-18(20(25)23-12-6-8-14-7-4-5-9-19(14)23)24(28(2,26)27)15-10-11-16(21)17(22)13-15/h4-5,7,9-11,13,18H,3,6,8,12H2,1-2H3/t18-/m1/s1. The number of sulfonamides is 1. The maximum absolute atomic E-state index is 13.5. The highest BCUT2D eigenvalue weighted by Crippen LogP contribution is 2.33. The Balaban J connectivity index is 2.04. The third-order valence-corrected chi connectivity index (χ3v) is 6.77. The highest BCUT2D eigenvalue weighted by molar-refractivity contribution is 7.92. The second kappa shape index (κ2) is 8.31. The fourth-order valence-corrected chi connectivity index (χ4v) is 5.10. The van der Waals surface area contributed by atoms with Gasteiger partial charge in [-0.25, -0.2) is 8.42 Å². The van der Waals surface area contributed by atoms with Crippen LogP contribution in [0.2, 0.25) is 10.0 Å². The van der Waals surface area contributed by atoms with E-state index in [1.807, 2.05) is 24.3 Å². The van der Waals surface area contributed by atoms with Gasteiger partial charge in [0.25, 0.3) is 5.91 Å². The molecule has 1 heterocycles. The number of hydrogen-bond donors (Lipinski definition) is 0. The summed E-state index contributed by atoms with van der Waals surface area (Å²) in [4.78, 5) is 15.2. The number of carbonyl (C=O) groups is 1. The van der Waals surface area contributed by atoms with Gasteiger partial charge in [0.15, 0.2) is 0 Å². The Labute approximate surface area is 175 Å². The summed E-state index contributed by atoms with van der Waals surface area (Å²) in [6.45, 7) is 2.36. The van der Waals surface area contributed by atoms with E-state index in [4.69, 9.17) is 23.2 Å². The van der Waals surface area contributed by atoms with Crippen molar-refractivity contribution in [2.24, 2.45) is 0 Å². The van der Waals surface area contributed by atoms with Crippen molar-refractivity contribution >= 4 is 50.5 Å². The van der Waals surface area contributed by atoms with Gasteiger partial charge in [-0.1, -0.05) is 48.3 Å². The topological polar surface area (TPSA) is 57.7 Å². The molecule has 0 radical (unpaired) electrons. The van der Waals surface area contributed by atoms with Crippen LogP contribution in [0.15, 0.2) is 42.5 Å². The third kappa shape index (κ3) is 4.14. The first kappa shape index (κ1) is 21.0. The van der Waals surface area contributed by atoms with Gasteiger partial charge in [-0.3, -0.25) is 9.10 Å².